The number of hydrogen-bond donors (Lipinski definition) is 3. The first-order chi connectivity index (χ1) is 7.43. The Balaban J connectivity index is 4.76. The van der Waals surface area contributed by atoms with Gasteiger partial charge in [-0.2, -0.15) is 0 Å². The molecule has 0 amide bonds. The molecular weight excluding hydrogens is 202 g/mol. The third kappa shape index (κ3) is 4.40. The SMILES string of the molecule is C/C=C\N(/C=C(\C)C(O)C(=N)C(C)=N)CC. The van der Waals surface area contributed by atoms with Gasteiger partial charge in [-0.05, 0) is 39.5 Å². The van der Waals surface area contributed by atoms with Gasteiger partial charge in [0.05, 0.1) is 11.4 Å². The van der Waals surface area contributed by atoms with Gasteiger partial charge in [-0.25, -0.2) is 0 Å². The maximum absolute atomic E-state index is 9.78. The molecule has 0 aromatic carbocycles. The second kappa shape index (κ2) is 6.95. The van der Waals surface area contributed by atoms with Crippen LogP contribution in [0.25, 0.3) is 0 Å². The lowest BCUT2D eigenvalue weighted by Gasteiger charge is -2.17. The fraction of sp³-hybridized carbons (Fsp3) is 0.500. The highest BCUT2D eigenvalue weighted by Crippen LogP contribution is 2.06. The van der Waals surface area contributed by atoms with Crippen molar-refractivity contribution in [1.82, 2.24) is 4.90 Å². The van der Waals surface area contributed by atoms with Crippen LogP contribution in [-0.4, -0.2) is 34.1 Å². The van der Waals surface area contributed by atoms with E-state index in [0.29, 0.717) is 5.57 Å². The molecule has 0 spiro atoms. The molecule has 0 radical (unpaired) electrons. The second-order valence-corrected chi connectivity index (χ2v) is 3.63. The van der Waals surface area contributed by atoms with E-state index in [2.05, 4.69) is 0 Å². The Hall–Kier alpha value is -1.42. The fourth-order valence-corrected chi connectivity index (χ4v) is 1.20. The van der Waals surface area contributed by atoms with Gasteiger partial charge in [-0.1, -0.05) is 6.08 Å². The molecule has 0 aromatic rings. The van der Waals surface area contributed by atoms with Gasteiger partial charge < -0.3 is 20.8 Å². The van der Waals surface area contributed by atoms with Gasteiger partial charge >= 0.3 is 0 Å². The van der Waals surface area contributed by atoms with Gasteiger partial charge in [0.15, 0.2) is 0 Å². The van der Waals surface area contributed by atoms with Crippen molar-refractivity contribution in [3.63, 3.8) is 0 Å². The van der Waals surface area contributed by atoms with Crippen molar-refractivity contribution in [3.8, 4) is 0 Å². The van der Waals surface area contributed by atoms with Crippen molar-refractivity contribution in [2.24, 2.45) is 0 Å². The summed E-state index contributed by atoms with van der Waals surface area (Å²) in [7, 11) is 0. The minimum absolute atomic E-state index is 0.0507. The molecule has 1 unspecified atom stereocenters. The molecule has 0 aliphatic heterocycles. The number of aliphatic hydroxyl groups is 1. The molecule has 4 heteroatoms. The molecule has 90 valence electrons. The zero-order valence-corrected chi connectivity index (χ0v) is 10.4. The molecule has 0 saturated carbocycles. The first-order valence-electron chi connectivity index (χ1n) is 5.32. The third-order valence-electron chi connectivity index (χ3n) is 2.18. The van der Waals surface area contributed by atoms with Gasteiger partial charge in [-0.3, -0.25) is 0 Å². The number of aliphatic hydroxyl groups excluding tert-OH is 1. The molecule has 3 N–H and O–H groups in total. The van der Waals surface area contributed by atoms with Crippen LogP contribution in [0.2, 0.25) is 0 Å². The molecule has 0 aromatic heterocycles. The van der Waals surface area contributed by atoms with Gasteiger partial charge in [0, 0.05) is 12.7 Å². The van der Waals surface area contributed by atoms with Crippen LogP contribution in [0.4, 0.5) is 0 Å². The monoisotopic (exact) mass is 223 g/mol. The molecule has 0 aliphatic rings. The zero-order valence-electron chi connectivity index (χ0n) is 10.4. The number of rotatable bonds is 6. The smallest absolute Gasteiger partial charge is 0.119 e. The van der Waals surface area contributed by atoms with Crippen molar-refractivity contribution in [3.05, 3.63) is 24.0 Å². The van der Waals surface area contributed by atoms with E-state index in [0.717, 1.165) is 6.54 Å². The molecule has 0 saturated heterocycles. The molecule has 0 aliphatic carbocycles. The maximum Gasteiger partial charge on any atom is 0.119 e. The molecule has 0 heterocycles. The summed E-state index contributed by atoms with van der Waals surface area (Å²) >= 11 is 0. The Morgan fingerprint density at radius 1 is 1.38 bits per heavy atom. The summed E-state index contributed by atoms with van der Waals surface area (Å²) in [4.78, 5) is 1.92. The molecule has 4 nitrogen and oxygen atoms in total. The van der Waals surface area contributed by atoms with Crippen LogP contribution in [-0.2, 0) is 0 Å². The highest BCUT2D eigenvalue weighted by Gasteiger charge is 2.14. The van der Waals surface area contributed by atoms with E-state index in [1.54, 1.807) is 13.1 Å². The number of nitrogens with one attached hydrogen (secondary N) is 2. The molecule has 0 bridgehead atoms. The Labute approximate surface area is 97.3 Å². The zero-order chi connectivity index (χ0) is 12.7. The number of nitrogens with zero attached hydrogens (tertiary/aromatic N) is 1. The average Bonchev–Trinajstić information content (AvgIpc) is 2.25. The van der Waals surface area contributed by atoms with Crippen molar-refractivity contribution in [1.29, 1.82) is 10.8 Å². The Bertz CT molecular complexity index is 318. The first-order valence-corrected chi connectivity index (χ1v) is 5.32. The van der Waals surface area contributed by atoms with Crippen molar-refractivity contribution < 1.29 is 5.11 Å². The van der Waals surface area contributed by atoms with Crippen LogP contribution in [0.1, 0.15) is 27.7 Å². The summed E-state index contributed by atoms with van der Waals surface area (Å²) in [5.41, 5.74) is 0.705. The van der Waals surface area contributed by atoms with Gasteiger partial charge in [0.25, 0.3) is 0 Å². The topological polar surface area (TPSA) is 71.2 Å². The molecular formula is C12H21N3O. The van der Waals surface area contributed by atoms with Crippen LogP contribution < -0.4 is 0 Å². The Morgan fingerprint density at radius 3 is 2.31 bits per heavy atom. The molecule has 0 fully saturated rings. The highest BCUT2D eigenvalue weighted by atomic mass is 16.3. The van der Waals surface area contributed by atoms with E-state index in [-0.39, 0.29) is 11.4 Å². The van der Waals surface area contributed by atoms with Gasteiger partial charge in [0.1, 0.15) is 6.10 Å². The predicted molar refractivity (Wildman–Crippen MR) is 68.1 cm³/mol. The largest absolute Gasteiger partial charge is 0.382 e. The predicted octanol–water partition coefficient (Wildman–Crippen LogP) is 2.17. The van der Waals surface area contributed by atoms with E-state index in [1.165, 1.54) is 6.92 Å². The second-order valence-electron chi connectivity index (χ2n) is 3.63. The highest BCUT2D eigenvalue weighted by molar-refractivity contribution is 6.41. The van der Waals surface area contributed by atoms with E-state index >= 15 is 0 Å². The van der Waals surface area contributed by atoms with Crippen LogP contribution in [0.5, 0.6) is 0 Å². The lowest BCUT2D eigenvalue weighted by Crippen LogP contribution is -2.27. The Morgan fingerprint density at radius 2 is 1.94 bits per heavy atom. The van der Waals surface area contributed by atoms with Crippen LogP contribution >= 0.6 is 0 Å². The average molecular weight is 223 g/mol. The summed E-state index contributed by atoms with van der Waals surface area (Å²) < 4.78 is 0. The summed E-state index contributed by atoms with van der Waals surface area (Å²) in [5.74, 6) is 0. The summed E-state index contributed by atoms with van der Waals surface area (Å²) in [6.07, 6.45) is 4.61. The third-order valence-corrected chi connectivity index (χ3v) is 2.18. The number of allylic oxidation sites excluding steroid dienone is 1. The summed E-state index contributed by atoms with van der Waals surface area (Å²) in [5, 5.41) is 24.6. The fourth-order valence-electron chi connectivity index (χ4n) is 1.20. The number of hydrogen-bond acceptors (Lipinski definition) is 4. The summed E-state index contributed by atoms with van der Waals surface area (Å²) in [6, 6.07) is 0. The van der Waals surface area contributed by atoms with E-state index in [1.807, 2.05) is 31.0 Å². The first kappa shape index (κ1) is 14.6. The van der Waals surface area contributed by atoms with E-state index in [9.17, 15) is 5.11 Å². The van der Waals surface area contributed by atoms with Crippen molar-refractivity contribution in [2.75, 3.05) is 6.54 Å². The lowest BCUT2D eigenvalue weighted by molar-refractivity contribution is 0.275. The van der Waals surface area contributed by atoms with Crippen LogP contribution in [0.3, 0.4) is 0 Å². The van der Waals surface area contributed by atoms with E-state index in [4.69, 9.17) is 10.8 Å². The Kier molecular flexibility index (Phi) is 6.34. The van der Waals surface area contributed by atoms with Crippen LogP contribution in [0.15, 0.2) is 24.0 Å². The minimum atomic E-state index is -0.989. The summed E-state index contributed by atoms with van der Waals surface area (Å²) in [6.45, 7) is 7.98. The quantitative estimate of drug-likeness (QED) is 0.604. The minimum Gasteiger partial charge on any atom is -0.382 e. The van der Waals surface area contributed by atoms with Gasteiger partial charge in [0.2, 0.25) is 0 Å². The van der Waals surface area contributed by atoms with Crippen molar-refractivity contribution >= 4 is 11.4 Å². The maximum atomic E-state index is 9.78. The lowest BCUT2D eigenvalue weighted by atomic mass is 10.0. The van der Waals surface area contributed by atoms with Gasteiger partial charge in [-0.15, -0.1) is 0 Å². The molecule has 1 atom stereocenters. The van der Waals surface area contributed by atoms with Crippen LogP contribution in [0, 0.1) is 10.8 Å². The molecule has 16 heavy (non-hydrogen) atoms. The normalized spacial score (nSPS) is 13.9. The molecule has 0 rings (SSSR count). The standard InChI is InChI=1S/C12H21N3O/c1-5-7-15(6-2)8-9(3)12(16)11(14)10(4)13/h5,7-8,12-14,16H,6H2,1-4H3/b7-5-,9-8+,13-10?,14-11?. The van der Waals surface area contributed by atoms with E-state index < -0.39 is 6.10 Å². The van der Waals surface area contributed by atoms with Crippen molar-refractivity contribution in [2.45, 2.75) is 33.8 Å².